The van der Waals surface area contributed by atoms with Crippen molar-refractivity contribution in [3.05, 3.63) is 27.1 Å². The van der Waals surface area contributed by atoms with Crippen LogP contribution in [0.5, 0.6) is 5.75 Å². The quantitative estimate of drug-likeness (QED) is 0.775. The summed E-state index contributed by atoms with van der Waals surface area (Å²) in [5.74, 6) is 0.757. The minimum absolute atomic E-state index is 0.0670. The van der Waals surface area contributed by atoms with Crippen LogP contribution in [-0.4, -0.2) is 16.2 Å². The molecule has 1 aromatic carbocycles. The molecule has 72 valence electrons. The first-order valence-electron chi connectivity index (χ1n) is 4.31. The first-order chi connectivity index (χ1) is 6.77. The Labute approximate surface area is 87.6 Å². The maximum Gasteiger partial charge on any atom is 0.326 e. The van der Waals surface area contributed by atoms with E-state index in [9.17, 15) is 4.79 Å². The molecule has 0 saturated carbocycles. The number of imidazole rings is 1. The van der Waals surface area contributed by atoms with E-state index >= 15 is 0 Å². The van der Waals surface area contributed by atoms with Crippen molar-refractivity contribution < 1.29 is 4.74 Å². The highest BCUT2D eigenvalue weighted by Gasteiger charge is 2.18. The van der Waals surface area contributed by atoms with Gasteiger partial charge in [-0.15, -0.1) is 0 Å². The Morgan fingerprint density at radius 2 is 2.36 bits per heavy atom. The van der Waals surface area contributed by atoms with Gasteiger partial charge in [-0.1, -0.05) is 0 Å². The van der Waals surface area contributed by atoms with Crippen molar-refractivity contribution in [1.82, 2.24) is 9.55 Å². The molecule has 14 heavy (non-hydrogen) atoms. The Hall–Kier alpha value is -1.23. The zero-order chi connectivity index (χ0) is 9.71. The van der Waals surface area contributed by atoms with Crippen molar-refractivity contribution in [3.63, 3.8) is 0 Å². The van der Waals surface area contributed by atoms with Crippen LogP contribution in [0.4, 0.5) is 0 Å². The van der Waals surface area contributed by atoms with Gasteiger partial charge in [0.2, 0.25) is 0 Å². The maximum atomic E-state index is 11.5. The molecule has 0 bridgehead atoms. The number of benzene rings is 1. The van der Waals surface area contributed by atoms with Gasteiger partial charge in [-0.25, -0.2) is 4.79 Å². The summed E-state index contributed by atoms with van der Waals surface area (Å²) >= 11 is 3.40. The molecule has 2 aromatic rings. The van der Waals surface area contributed by atoms with Crippen molar-refractivity contribution >= 4 is 27.0 Å². The fourth-order valence-corrected chi connectivity index (χ4v) is 2.22. The van der Waals surface area contributed by atoms with Gasteiger partial charge in [0.15, 0.2) is 5.75 Å². The van der Waals surface area contributed by atoms with Crippen molar-refractivity contribution in [3.8, 4) is 5.75 Å². The Balaban J connectivity index is 2.57. The van der Waals surface area contributed by atoms with Gasteiger partial charge in [0.25, 0.3) is 0 Å². The van der Waals surface area contributed by atoms with Gasteiger partial charge in [-0.05, 0) is 28.1 Å². The molecule has 0 amide bonds. The van der Waals surface area contributed by atoms with Crippen LogP contribution in [0.2, 0.25) is 0 Å². The molecule has 0 unspecified atom stereocenters. The number of ether oxygens (including phenoxy) is 1. The largest absolute Gasteiger partial charge is 0.488 e. The highest BCUT2D eigenvalue weighted by molar-refractivity contribution is 9.10. The summed E-state index contributed by atoms with van der Waals surface area (Å²) in [4.78, 5) is 14.3. The van der Waals surface area contributed by atoms with Crippen LogP contribution in [0.1, 0.15) is 0 Å². The number of hydrogen-bond acceptors (Lipinski definition) is 2. The Morgan fingerprint density at radius 3 is 3.21 bits per heavy atom. The lowest BCUT2D eigenvalue weighted by atomic mass is 10.2. The second-order valence-electron chi connectivity index (χ2n) is 3.20. The highest BCUT2D eigenvalue weighted by Crippen LogP contribution is 2.34. The van der Waals surface area contributed by atoms with Crippen LogP contribution < -0.4 is 10.4 Å². The summed E-state index contributed by atoms with van der Waals surface area (Å²) in [6.07, 6.45) is 0. The molecule has 0 saturated heterocycles. The van der Waals surface area contributed by atoms with E-state index in [1.54, 1.807) is 4.57 Å². The molecule has 1 aliphatic heterocycles. The van der Waals surface area contributed by atoms with E-state index in [2.05, 4.69) is 20.9 Å². The molecule has 4 nitrogen and oxygen atoms in total. The Morgan fingerprint density at radius 1 is 1.50 bits per heavy atom. The number of rotatable bonds is 0. The van der Waals surface area contributed by atoms with Crippen LogP contribution in [0.15, 0.2) is 21.4 Å². The number of hydrogen-bond donors (Lipinski definition) is 1. The number of aromatic nitrogens is 2. The van der Waals surface area contributed by atoms with Crippen molar-refractivity contribution in [2.24, 2.45) is 0 Å². The number of H-pyrrole nitrogens is 1. The second-order valence-corrected chi connectivity index (χ2v) is 4.06. The highest BCUT2D eigenvalue weighted by atomic mass is 79.9. The smallest absolute Gasteiger partial charge is 0.326 e. The van der Waals surface area contributed by atoms with Crippen LogP contribution >= 0.6 is 15.9 Å². The molecular weight excluding hydrogens is 248 g/mol. The fraction of sp³-hybridized carbons (Fsp3) is 0.222. The monoisotopic (exact) mass is 254 g/mol. The van der Waals surface area contributed by atoms with E-state index in [1.807, 2.05) is 12.1 Å². The number of aromatic amines is 1. The molecule has 1 aliphatic rings. The Bertz CT molecular complexity index is 570. The third-order valence-electron chi connectivity index (χ3n) is 2.40. The summed E-state index contributed by atoms with van der Waals surface area (Å²) in [5, 5.41) is 0. The van der Waals surface area contributed by atoms with Crippen molar-refractivity contribution in [1.29, 1.82) is 0 Å². The molecule has 0 spiro atoms. The van der Waals surface area contributed by atoms with E-state index in [4.69, 9.17) is 4.74 Å². The van der Waals surface area contributed by atoms with Crippen LogP contribution in [0.25, 0.3) is 11.0 Å². The van der Waals surface area contributed by atoms with Gasteiger partial charge in [0, 0.05) is 0 Å². The SMILES string of the molecule is O=c1[nH]c2ccc(Br)c3c2n1CCO3. The average Bonchev–Trinajstić information content (AvgIpc) is 2.52. The minimum Gasteiger partial charge on any atom is -0.488 e. The van der Waals surface area contributed by atoms with Gasteiger partial charge in [-0.3, -0.25) is 4.57 Å². The van der Waals surface area contributed by atoms with E-state index in [0.29, 0.717) is 13.2 Å². The molecule has 2 heterocycles. The predicted molar refractivity (Wildman–Crippen MR) is 55.8 cm³/mol. The van der Waals surface area contributed by atoms with E-state index in [1.165, 1.54) is 0 Å². The van der Waals surface area contributed by atoms with E-state index in [0.717, 1.165) is 21.3 Å². The molecule has 0 atom stereocenters. The molecule has 0 aliphatic carbocycles. The third kappa shape index (κ3) is 0.901. The average molecular weight is 255 g/mol. The van der Waals surface area contributed by atoms with Gasteiger partial charge in [0.05, 0.1) is 16.5 Å². The minimum atomic E-state index is -0.0670. The predicted octanol–water partition coefficient (Wildman–Crippen LogP) is 1.48. The molecule has 0 radical (unpaired) electrons. The van der Waals surface area contributed by atoms with Gasteiger partial charge < -0.3 is 9.72 Å². The first kappa shape index (κ1) is 8.11. The van der Waals surface area contributed by atoms with Gasteiger partial charge in [0.1, 0.15) is 12.1 Å². The summed E-state index contributed by atoms with van der Waals surface area (Å²) in [5.41, 5.74) is 1.62. The number of nitrogens with zero attached hydrogens (tertiary/aromatic N) is 1. The van der Waals surface area contributed by atoms with E-state index in [-0.39, 0.29) is 5.69 Å². The van der Waals surface area contributed by atoms with Crippen LogP contribution in [0, 0.1) is 0 Å². The fourth-order valence-electron chi connectivity index (χ4n) is 1.79. The lowest BCUT2D eigenvalue weighted by Gasteiger charge is -2.16. The topological polar surface area (TPSA) is 47.0 Å². The standard InChI is InChI=1S/C9H7BrN2O2/c10-5-1-2-6-7-8(5)14-4-3-12(7)9(13)11-6/h1-2H,3-4H2,(H,11,13). The summed E-state index contributed by atoms with van der Waals surface area (Å²) in [6.45, 7) is 1.16. The lowest BCUT2D eigenvalue weighted by Crippen LogP contribution is -2.23. The molecule has 5 heteroatoms. The summed E-state index contributed by atoms with van der Waals surface area (Å²) in [7, 11) is 0. The maximum absolute atomic E-state index is 11.5. The lowest BCUT2D eigenvalue weighted by molar-refractivity contribution is 0.283. The number of halogens is 1. The first-order valence-corrected chi connectivity index (χ1v) is 5.10. The van der Waals surface area contributed by atoms with Crippen LogP contribution in [0.3, 0.4) is 0 Å². The van der Waals surface area contributed by atoms with E-state index < -0.39 is 0 Å². The van der Waals surface area contributed by atoms with Gasteiger partial charge in [-0.2, -0.15) is 0 Å². The zero-order valence-corrected chi connectivity index (χ0v) is 8.80. The summed E-state index contributed by atoms with van der Waals surface area (Å²) < 4.78 is 8.11. The van der Waals surface area contributed by atoms with Crippen LogP contribution in [-0.2, 0) is 6.54 Å². The molecule has 1 N–H and O–H groups in total. The molecule has 3 rings (SSSR count). The van der Waals surface area contributed by atoms with Gasteiger partial charge >= 0.3 is 5.69 Å². The molecule has 1 aromatic heterocycles. The van der Waals surface area contributed by atoms with Crippen molar-refractivity contribution in [2.75, 3.05) is 6.61 Å². The molecule has 0 fully saturated rings. The second kappa shape index (κ2) is 2.63. The zero-order valence-electron chi connectivity index (χ0n) is 7.21. The summed E-state index contributed by atoms with van der Waals surface area (Å²) in [6, 6.07) is 3.75. The number of nitrogens with one attached hydrogen (secondary N) is 1. The molecular formula is C9H7BrN2O2. The third-order valence-corrected chi connectivity index (χ3v) is 3.03. The Kier molecular flexibility index (Phi) is 1.53. The van der Waals surface area contributed by atoms with Crippen molar-refractivity contribution in [2.45, 2.75) is 6.54 Å². The normalized spacial score (nSPS) is 14.4.